The molecule has 176 valence electrons. The number of ether oxygens (including phenoxy) is 1. The van der Waals surface area contributed by atoms with Crippen molar-refractivity contribution >= 4 is 17.7 Å². The molecule has 1 heterocycles. The molecule has 0 radical (unpaired) electrons. The van der Waals surface area contributed by atoms with Crippen LogP contribution in [0.4, 0.5) is 8.78 Å². The van der Waals surface area contributed by atoms with E-state index in [4.69, 9.17) is 0 Å². The van der Waals surface area contributed by atoms with Crippen molar-refractivity contribution in [3.63, 3.8) is 0 Å². The van der Waals surface area contributed by atoms with Crippen LogP contribution >= 0.6 is 0 Å². The number of likely N-dealkylation sites (tertiary alicyclic amines) is 1. The lowest BCUT2D eigenvalue weighted by atomic mass is 9.96. The summed E-state index contributed by atoms with van der Waals surface area (Å²) in [6, 6.07) is 12.9. The van der Waals surface area contributed by atoms with E-state index >= 15 is 0 Å². The van der Waals surface area contributed by atoms with Crippen molar-refractivity contribution in [3.05, 3.63) is 65.2 Å². The third-order valence-corrected chi connectivity index (χ3v) is 5.49. The van der Waals surface area contributed by atoms with E-state index in [2.05, 4.69) is 10.1 Å². The number of nitrogens with zero attached hydrogens (tertiary/aromatic N) is 2. The fourth-order valence-electron chi connectivity index (χ4n) is 3.74. The van der Waals surface area contributed by atoms with E-state index in [0.717, 1.165) is 5.56 Å². The highest BCUT2D eigenvalue weighted by Crippen LogP contribution is 2.25. The Labute approximate surface area is 191 Å². The average molecular weight is 459 g/mol. The summed E-state index contributed by atoms with van der Waals surface area (Å²) < 4.78 is 29.8. The van der Waals surface area contributed by atoms with Crippen LogP contribution in [0, 0.1) is 5.92 Å². The summed E-state index contributed by atoms with van der Waals surface area (Å²) in [5.41, 5.74) is 1.46. The van der Waals surface area contributed by atoms with Crippen LogP contribution in [0.3, 0.4) is 0 Å². The van der Waals surface area contributed by atoms with Crippen molar-refractivity contribution in [1.29, 1.82) is 0 Å². The number of para-hydroxylation sites is 1. The molecule has 1 aliphatic rings. The molecule has 1 saturated heterocycles. The van der Waals surface area contributed by atoms with E-state index in [0.29, 0.717) is 31.5 Å². The minimum absolute atomic E-state index is 0.0474. The van der Waals surface area contributed by atoms with Gasteiger partial charge in [0.05, 0.1) is 11.5 Å². The van der Waals surface area contributed by atoms with Crippen molar-refractivity contribution < 1.29 is 27.9 Å². The Morgan fingerprint density at radius 3 is 2.48 bits per heavy atom. The van der Waals surface area contributed by atoms with E-state index in [-0.39, 0.29) is 29.7 Å². The number of hydrogen-bond acceptors (Lipinski definition) is 4. The monoisotopic (exact) mass is 459 g/mol. The Kier molecular flexibility index (Phi) is 7.97. The van der Waals surface area contributed by atoms with E-state index < -0.39 is 18.4 Å². The molecule has 1 fully saturated rings. The van der Waals surface area contributed by atoms with Gasteiger partial charge < -0.3 is 19.9 Å². The number of alkyl halides is 2. The van der Waals surface area contributed by atoms with Crippen molar-refractivity contribution in [2.45, 2.75) is 26.0 Å². The van der Waals surface area contributed by atoms with Crippen LogP contribution < -0.4 is 10.1 Å². The van der Waals surface area contributed by atoms with E-state index in [9.17, 15) is 23.2 Å². The van der Waals surface area contributed by atoms with E-state index in [1.165, 1.54) is 28.0 Å². The summed E-state index contributed by atoms with van der Waals surface area (Å²) >= 11 is 0. The molecule has 0 bridgehead atoms. The van der Waals surface area contributed by atoms with Crippen LogP contribution in [0.1, 0.15) is 39.1 Å². The van der Waals surface area contributed by atoms with E-state index in [1.54, 1.807) is 44.4 Å². The molecule has 0 aliphatic carbocycles. The third-order valence-electron chi connectivity index (χ3n) is 5.49. The molecule has 1 unspecified atom stereocenters. The third kappa shape index (κ3) is 6.27. The summed E-state index contributed by atoms with van der Waals surface area (Å²) in [6.07, 6.45) is 1.25. The van der Waals surface area contributed by atoms with Crippen LogP contribution in [-0.2, 0) is 11.3 Å². The summed E-state index contributed by atoms with van der Waals surface area (Å²) in [6.45, 7) is -2.10. The number of halogens is 2. The Balaban J connectivity index is 1.58. The van der Waals surface area contributed by atoms with Gasteiger partial charge in [-0.2, -0.15) is 8.78 Å². The number of amides is 3. The SMILES string of the molecule is CN(C)C(=O)c1ccc(CNC(=O)C2CCCN(C(=O)c3ccccc3OC(F)F)C2)cc1. The minimum atomic E-state index is -3.03. The second-order valence-corrected chi connectivity index (χ2v) is 8.08. The number of nitrogens with one attached hydrogen (secondary N) is 1. The second-order valence-electron chi connectivity index (χ2n) is 8.08. The number of carbonyl (C=O) groups excluding carboxylic acids is 3. The number of piperidine rings is 1. The maximum Gasteiger partial charge on any atom is 0.387 e. The summed E-state index contributed by atoms with van der Waals surface area (Å²) in [5.74, 6) is -1.30. The van der Waals surface area contributed by atoms with Crippen molar-refractivity contribution in [2.75, 3.05) is 27.2 Å². The number of benzene rings is 2. The molecule has 2 aromatic carbocycles. The quantitative estimate of drug-likeness (QED) is 0.690. The predicted octanol–water partition coefficient (Wildman–Crippen LogP) is 3.16. The molecule has 1 N–H and O–H groups in total. The maximum atomic E-state index is 12.9. The first-order valence-corrected chi connectivity index (χ1v) is 10.7. The molecule has 33 heavy (non-hydrogen) atoms. The van der Waals surface area contributed by atoms with Gasteiger partial charge in [0.1, 0.15) is 5.75 Å². The highest BCUT2D eigenvalue weighted by molar-refractivity contribution is 5.97. The topological polar surface area (TPSA) is 79.0 Å². The van der Waals surface area contributed by atoms with Crippen molar-refractivity contribution in [3.8, 4) is 5.75 Å². The zero-order chi connectivity index (χ0) is 24.0. The van der Waals surface area contributed by atoms with Crippen molar-refractivity contribution in [1.82, 2.24) is 15.1 Å². The molecular formula is C24H27F2N3O4. The van der Waals surface area contributed by atoms with Gasteiger partial charge >= 0.3 is 6.61 Å². The molecule has 3 amide bonds. The van der Waals surface area contributed by atoms with Gasteiger partial charge in [0, 0.05) is 39.3 Å². The van der Waals surface area contributed by atoms with Crippen LogP contribution in [0.25, 0.3) is 0 Å². The van der Waals surface area contributed by atoms with Gasteiger partial charge in [-0.05, 0) is 42.7 Å². The minimum Gasteiger partial charge on any atom is -0.434 e. The molecule has 0 spiro atoms. The van der Waals surface area contributed by atoms with Gasteiger partial charge in [-0.15, -0.1) is 0 Å². The van der Waals surface area contributed by atoms with Gasteiger partial charge in [0.15, 0.2) is 0 Å². The van der Waals surface area contributed by atoms with Gasteiger partial charge in [-0.1, -0.05) is 24.3 Å². The Bertz CT molecular complexity index is 995. The van der Waals surface area contributed by atoms with Crippen LogP contribution in [-0.4, -0.2) is 61.3 Å². The highest BCUT2D eigenvalue weighted by atomic mass is 19.3. The first-order chi connectivity index (χ1) is 15.8. The van der Waals surface area contributed by atoms with Crippen molar-refractivity contribution in [2.24, 2.45) is 5.92 Å². The van der Waals surface area contributed by atoms with Gasteiger partial charge in [0.2, 0.25) is 5.91 Å². The Morgan fingerprint density at radius 2 is 1.82 bits per heavy atom. The fraction of sp³-hybridized carbons (Fsp3) is 0.375. The fourth-order valence-corrected chi connectivity index (χ4v) is 3.74. The first-order valence-electron chi connectivity index (χ1n) is 10.7. The van der Waals surface area contributed by atoms with Gasteiger partial charge in [-0.3, -0.25) is 14.4 Å². The van der Waals surface area contributed by atoms with Gasteiger partial charge in [-0.25, -0.2) is 0 Å². The van der Waals surface area contributed by atoms with Crippen LogP contribution in [0.2, 0.25) is 0 Å². The highest BCUT2D eigenvalue weighted by Gasteiger charge is 2.30. The lowest BCUT2D eigenvalue weighted by Crippen LogP contribution is -2.45. The zero-order valence-corrected chi connectivity index (χ0v) is 18.6. The molecule has 1 atom stereocenters. The maximum absolute atomic E-state index is 12.9. The molecule has 2 aromatic rings. The number of hydrogen-bond donors (Lipinski definition) is 1. The molecule has 7 nitrogen and oxygen atoms in total. The lowest BCUT2D eigenvalue weighted by Gasteiger charge is -2.32. The summed E-state index contributed by atoms with van der Waals surface area (Å²) in [4.78, 5) is 40.6. The summed E-state index contributed by atoms with van der Waals surface area (Å²) in [7, 11) is 3.36. The zero-order valence-electron chi connectivity index (χ0n) is 18.6. The van der Waals surface area contributed by atoms with Crippen LogP contribution in [0.5, 0.6) is 5.75 Å². The molecule has 0 saturated carbocycles. The largest absolute Gasteiger partial charge is 0.434 e. The van der Waals surface area contributed by atoms with E-state index in [1.807, 2.05) is 0 Å². The normalized spacial score (nSPS) is 15.8. The first kappa shape index (κ1) is 24.2. The smallest absolute Gasteiger partial charge is 0.387 e. The average Bonchev–Trinajstić information content (AvgIpc) is 2.82. The van der Waals surface area contributed by atoms with Crippen LogP contribution in [0.15, 0.2) is 48.5 Å². The predicted molar refractivity (Wildman–Crippen MR) is 118 cm³/mol. The standard InChI is InChI=1S/C24H27F2N3O4/c1-28(2)22(31)17-11-9-16(10-12-17)14-27-21(30)18-6-5-13-29(15-18)23(32)19-7-3-4-8-20(19)33-24(25)26/h3-4,7-12,18,24H,5-6,13-15H2,1-2H3,(H,27,30). The Morgan fingerprint density at radius 1 is 1.12 bits per heavy atom. The second kappa shape index (κ2) is 10.9. The molecule has 1 aliphatic heterocycles. The molecule has 3 rings (SSSR count). The van der Waals surface area contributed by atoms with Gasteiger partial charge in [0.25, 0.3) is 11.8 Å². The number of rotatable bonds is 7. The molecule has 0 aromatic heterocycles. The molecule has 9 heteroatoms. The number of carbonyl (C=O) groups is 3. The molecular weight excluding hydrogens is 432 g/mol. The lowest BCUT2D eigenvalue weighted by molar-refractivity contribution is -0.126. The Hall–Kier alpha value is -3.49. The summed E-state index contributed by atoms with van der Waals surface area (Å²) in [5, 5.41) is 2.88.